The zero-order valence-corrected chi connectivity index (χ0v) is 8.85. The summed E-state index contributed by atoms with van der Waals surface area (Å²) < 4.78 is 1.42. The Morgan fingerprint density at radius 2 is 2.25 bits per heavy atom. The average Bonchev–Trinajstić information content (AvgIpc) is 2.52. The first-order chi connectivity index (χ1) is 7.54. The Morgan fingerprint density at radius 1 is 1.56 bits per heavy atom. The molecule has 0 bridgehead atoms. The average molecular weight is 216 g/mol. The second kappa shape index (κ2) is 3.51. The van der Waals surface area contributed by atoms with Crippen LogP contribution in [0, 0.1) is 6.92 Å². The monoisotopic (exact) mass is 216 g/mol. The van der Waals surface area contributed by atoms with Crippen LogP contribution in [0.3, 0.4) is 0 Å². The van der Waals surface area contributed by atoms with Crippen LogP contribution in [0.5, 0.6) is 0 Å². The summed E-state index contributed by atoms with van der Waals surface area (Å²) in [7, 11) is 7.26. The molecule has 0 spiro atoms. The van der Waals surface area contributed by atoms with E-state index < -0.39 is 5.97 Å². The van der Waals surface area contributed by atoms with E-state index in [4.69, 9.17) is 13.0 Å². The third kappa shape index (κ3) is 1.41. The lowest BCUT2D eigenvalue weighted by Crippen LogP contribution is -2.15. The number of fused-ring (bicyclic) bond motifs is 1. The Bertz CT molecular complexity index is 578. The molecular formula is C9H9BN4O2. The maximum absolute atomic E-state index is 11.1. The molecule has 0 amide bonds. The van der Waals surface area contributed by atoms with Gasteiger partial charge in [-0.3, -0.25) is 4.40 Å². The predicted octanol–water partition coefficient (Wildman–Crippen LogP) is -0.429. The third-order valence-corrected chi connectivity index (χ3v) is 2.24. The molecule has 0 aliphatic rings. The van der Waals surface area contributed by atoms with E-state index in [-0.39, 0.29) is 11.3 Å². The zero-order chi connectivity index (χ0) is 11.9. The molecule has 6 nitrogen and oxygen atoms in total. The Kier molecular flexibility index (Phi) is 2.30. The van der Waals surface area contributed by atoms with Crippen molar-refractivity contribution in [3.8, 4) is 0 Å². The van der Waals surface area contributed by atoms with Gasteiger partial charge in [0.1, 0.15) is 7.85 Å². The summed E-state index contributed by atoms with van der Waals surface area (Å²) in [6.45, 7) is 1.63. The van der Waals surface area contributed by atoms with Crippen molar-refractivity contribution in [2.75, 3.05) is 12.4 Å². The van der Waals surface area contributed by atoms with Crippen molar-refractivity contribution in [2.24, 2.45) is 0 Å². The van der Waals surface area contributed by atoms with Gasteiger partial charge in [-0.05, 0) is 6.92 Å². The number of imidazole rings is 1. The van der Waals surface area contributed by atoms with Gasteiger partial charge in [-0.2, -0.15) is 0 Å². The normalized spacial score (nSPS) is 10.6. The second-order valence-corrected chi connectivity index (χ2v) is 3.31. The van der Waals surface area contributed by atoms with Crippen molar-refractivity contribution in [1.29, 1.82) is 0 Å². The van der Waals surface area contributed by atoms with Crippen molar-refractivity contribution < 1.29 is 9.90 Å². The van der Waals surface area contributed by atoms with Gasteiger partial charge in [-0.1, -0.05) is 0 Å². The first-order valence-electron chi connectivity index (χ1n) is 4.60. The number of aromatic carboxylic acids is 1. The number of hydrogen-bond donors (Lipinski definition) is 2. The maximum atomic E-state index is 11.1. The first kappa shape index (κ1) is 10.5. The van der Waals surface area contributed by atoms with Crippen LogP contribution in [-0.2, 0) is 0 Å². The van der Waals surface area contributed by atoms with Crippen molar-refractivity contribution in [1.82, 2.24) is 14.4 Å². The quantitative estimate of drug-likeness (QED) is 0.666. The number of hydrogen-bond acceptors (Lipinski definition) is 4. The predicted molar refractivity (Wildman–Crippen MR) is 59.6 cm³/mol. The number of carbonyl (C=O) groups is 1. The van der Waals surface area contributed by atoms with E-state index in [1.807, 2.05) is 0 Å². The molecule has 0 aliphatic heterocycles. The lowest BCUT2D eigenvalue weighted by Gasteiger charge is -2.04. The van der Waals surface area contributed by atoms with Crippen molar-refractivity contribution >= 4 is 30.9 Å². The molecule has 2 heterocycles. The molecule has 2 radical (unpaired) electrons. The van der Waals surface area contributed by atoms with Crippen molar-refractivity contribution in [3.63, 3.8) is 0 Å². The molecule has 0 aliphatic carbocycles. The lowest BCUT2D eigenvalue weighted by atomic mass is 10.1. The fourth-order valence-electron chi connectivity index (χ4n) is 1.60. The van der Waals surface area contributed by atoms with Crippen molar-refractivity contribution in [2.45, 2.75) is 6.92 Å². The van der Waals surface area contributed by atoms with Gasteiger partial charge in [-0.25, -0.2) is 14.8 Å². The number of nitrogens with one attached hydrogen (secondary N) is 1. The van der Waals surface area contributed by atoms with Crippen LogP contribution in [-0.4, -0.2) is 40.3 Å². The maximum Gasteiger partial charge on any atom is 0.354 e. The summed E-state index contributed by atoms with van der Waals surface area (Å²) in [6.07, 6.45) is 1.44. The molecule has 7 heteroatoms. The molecule has 16 heavy (non-hydrogen) atoms. The highest BCUT2D eigenvalue weighted by Gasteiger charge is 2.17. The summed E-state index contributed by atoms with van der Waals surface area (Å²) in [5, 5.41) is 11.9. The molecular weight excluding hydrogens is 207 g/mol. The van der Waals surface area contributed by atoms with Gasteiger partial charge in [0, 0.05) is 18.8 Å². The molecule has 0 atom stereocenters. The summed E-state index contributed by atoms with van der Waals surface area (Å²) in [4.78, 5) is 19.2. The van der Waals surface area contributed by atoms with E-state index in [0.29, 0.717) is 17.2 Å². The topological polar surface area (TPSA) is 79.5 Å². The zero-order valence-electron chi connectivity index (χ0n) is 8.85. The number of anilines is 1. The fourth-order valence-corrected chi connectivity index (χ4v) is 1.60. The number of nitrogens with zero attached hydrogens (tertiary/aromatic N) is 3. The molecule has 2 aromatic rings. The van der Waals surface area contributed by atoms with Crippen LogP contribution in [0.4, 0.5) is 5.82 Å². The minimum atomic E-state index is -1.04. The van der Waals surface area contributed by atoms with Crippen LogP contribution in [0.25, 0.3) is 5.65 Å². The minimum absolute atomic E-state index is 0.0978. The number of aromatic nitrogens is 3. The van der Waals surface area contributed by atoms with Gasteiger partial charge in [0.2, 0.25) is 0 Å². The first-order valence-corrected chi connectivity index (χ1v) is 4.60. The van der Waals surface area contributed by atoms with Crippen molar-refractivity contribution in [3.05, 3.63) is 17.6 Å². The van der Waals surface area contributed by atoms with Crippen LogP contribution in [0.2, 0.25) is 0 Å². The van der Waals surface area contributed by atoms with E-state index >= 15 is 0 Å². The lowest BCUT2D eigenvalue weighted by molar-refractivity contribution is 0.0688. The molecule has 0 saturated carbocycles. The Balaban J connectivity index is 2.89. The summed E-state index contributed by atoms with van der Waals surface area (Å²) in [5.41, 5.74) is 1.21. The highest BCUT2D eigenvalue weighted by Crippen LogP contribution is 2.16. The molecule has 2 rings (SSSR count). The Labute approximate surface area is 92.7 Å². The molecule has 0 saturated heterocycles. The van der Waals surface area contributed by atoms with E-state index in [1.54, 1.807) is 14.0 Å². The van der Waals surface area contributed by atoms with E-state index in [1.165, 1.54) is 10.6 Å². The third-order valence-electron chi connectivity index (χ3n) is 2.24. The summed E-state index contributed by atoms with van der Waals surface area (Å²) in [6, 6.07) is 0. The van der Waals surface area contributed by atoms with E-state index in [0.717, 1.165) is 0 Å². The van der Waals surface area contributed by atoms with Crippen LogP contribution >= 0.6 is 0 Å². The van der Waals surface area contributed by atoms with E-state index in [2.05, 4.69) is 15.3 Å². The van der Waals surface area contributed by atoms with Gasteiger partial charge in [0.25, 0.3) is 0 Å². The largest absolute Gasteiger partial charge is 0.477 e. The van der Waals surface area contributed by atoms with Crippen LogP contribution in [0.1, 0.15) is 16.2 Å². The van der Waals surface area contributed by atoms with E-state index in [9.17, 15) is 4.79 Å². The smallest absolute Gasteiger partial charge is 0.354 e. The number of carboxylic acid groups (broad SMARTS) is 1. The van der Waals surface area contributed by atoms with Crippen LogP contribution in [0.15, 0.2) is 6.20 Å². The molecule has 0 unspecified atom stereocenters. The standard InChI is InChI=1S/C9H9BN4O2/c1-4-6(9(15)16)14-3-5(10)13-7(11-2)8(14)12-4/h3H,1-2H3,(H,11,13)(H,15,16). The minimum Gasteiger partial charge on any atom is -0.477 e. The fraction of sp³-hybridized carbons (Fsp3) is 0.222. The highest BCUT2D eigenvalue weighted by atomic mass is 16.4. The Morgan fingerprint density at radius 3 is 2.81 bits per heavy atom. The molecule has 2 aromatic heterocycles. The SMILES string of the molecule is [B]c1cn2c(C(=O)O)c(C)nc2c(NC)n1. The molecule has 0 fully saturated rings. The van der Waals surface area contributed by atoms with Gasteiger partial charge < -0.3 is 10.4 Å². The van der Waals surface area contributed by atoms with Gasteiger partial charge in [0.15, 0.2) is 17.2 Å². The molecule has 2 N–H and O–H groups in total. The van der Waals surface area contributed by atoms with Gasteiger partial charge in [0.05, 0.1) is 5.69 Å². The molecule has 80 valence electrons. The number of carboxylic acids is 1. The Hall–Kier alpha value is -2.05. The second-order valence-electron chi connectivity index (χ2n) is 3.31. The molecule has 0 aromatic carbocycles. The summed E-state index contributed by atoms with van der Waals surface area (Å²) in [5.74, 6) is -0.590. The number of rotatable bonds is 2. The van der Waals surface area contributed by atoms with Gasteiger partial charge >= 0.3 is 5.97 Å². The number of aryl methyl sites for hydroxylation is 1. The van der Waals surface area contributed by atoms with Crippen LogP contribution < -0.4 is 10.9 Å². The van der Waals surface area contributed by atoms with Gasteiger partial charge in [-0.15, -0.1) is 0 Å². The summed E-state index contributed by atoms with van der Waals surface area (Å²) >= 11 is 0. The highest BCUT2D eigenvalue weighted by molar-refractivity contribution is 6.30.